The van der Waals surface area contributed by atoms with Crippen LogP contribution < -0.4 is 0 Å². The topological polar surface area (TPSA) is 39.4 Å². The predicted octanol–water partition coefficient (Wildman–Crippen LogP) is 5.75. The zero-order chi connectivity index (χ0) is 16.0. The minimum Gasteiger partial charge on any atom is -0.465 e. The molecule has 3 nitrogen and oxygen atoms in total. The van der Waals surface area contributed by atoms with E-state index in [1.165, 1.54) is 25.7 Å². The van der Waals surface area contributed by atoms with Crippen molar-refractivity contribution in [2.24, 2.45) is 0 Å². The Bertz CT molecular complexity index is 420. The van der Waals surface area contributed by atoms with Crippen molar-refractivity contribution >= 4 is 5.97 Å². The van der Waals surface area contributed by atoms with Crippen LogP contribution >= 0.6 is 0 Å². The molecule has 3 heteroatoms. The Labute approximate surface area is 134 Å². The second kappa shape index (κ2) is 11.8. The van der Waals surface area contributed by atoms with Gasteiger partial charge in [-0.05, 0) is 31.4 Å². The molecule has 0 aliphatic carbocycles. The number of allylic oxidation sites excluding steroid dienone is 1. The molecule has 0 saturated heterocycles. The zero-order valence-electron chi connectivity index (χ0n) is 13.5. The first kappa shape index (κ1) is 18.3. The van der Waals surface area contributed by atoms with Gasteiger partial charge in [0.05, 0.1) is 6.26 Å². The molecule has 0 N–H and O–H groups in total. The van der Waals surface area contributed by atoms with Crippen molar-refractivity contribution in [3.05, 3.63) is 49.5 Å². The second-order valence-corrected chi connectivity index (χ2v) is 5.47. The van der Waals surface area contributed by atoms with Gasteiger partial charge < -0.3 is 9.15 Å². The highest BCUT2D eigenvalue weighted by Crippen LogP contribution is 2.23. The maximum Gasteiger partial charge on any atom is 0.306 e. The van der Waals surface area contributed by atoms with Crippen LogP contribution in [0.3, 0.4) is 0 Å². The summed E-state index contributed by atoms with van der Waals surface area (Å²) < 4.78 is 10.8. The number of carbonyl (C=O) groups excluding carboxylic acids is 1. The van der Waals surface area contributed by atoms with Gasteiger partial charge >= 0.3 is 5.97 Å². The summed E-state index contributed by atoms with van der Waals surface area (Å²) in [4.78, 5) is 11.9. The molecule has 0 aromatic carbocycles. The molecule has 0 aliphatic rings. The molecule has 1 unspecified atom stereocenters. The van der Waals surface area contributed by atoms with Crippen LogP contribution in [0, 0.1) is 0 Å². The maximum atomic E-state index is 11.9. The Hall–Kier alpha value is -1.77. The van der Waals surface area contributed by atoms with E-state index in [-0.39, 0.29) is 12.1 Å². The average molecular weight is 304 g/mol. The number of furan rings is 1. The number of rotatable bonds is 13. The minimum atomic E-state index is -0.348. The third-order valence-electron chi connectivity index (χ3n) is 3.55. The van der Waals surface area contributed by atoms with E-state index in [0.717, 1.165) is 19.3 Å². The summed E-state index contributed by atoms with van der Waals surface area (Å²) in [6.45, 7) is 7.41. The summed E-state index contributed by atoms with van der Waals surface area (Å²) >= 11 is 0. The molecule has 0 amide bonds. The predicted molar refractivity (Wildman–Crippen MR) is 89.5 cm³/mol. The largest absolute Gasteiger partial charge is 0.465 e. The Morgan fingerprint density at radius 3 is 2.50 bits per heavy atom. The highest BCUT2D eigenvalue weighted by Gasteiger charge is 2.17. The minimum absolute atomic E-state index is 0.157. The summed E-state index contributed by atoms with van der Waals surface area (Å²) in [5, 5.41) is 0. The van der Waals surface area contributed by atoms with Gasteiger partial charge in [0.1, 0.15) is 5.76 Å². The van der Waals surface area contributed by atoms with Gasteiger partial charge in [0.25, 0.3) is 0 Å². The van der Waals surface area contributed by atoms with Crippen LogP contribution in [0.5, 0.6) is 0 Å². The van der Waals surface area contributed by atoms with E-state index in [2.05, 4.69) is 13.2 Å². The Balaban J connectivity index is 2.13. The summed E-state index contributed by atoms with van der Waals surface area (Å²) in [7, 11) is 0. The molecule has 22 heavy (non-hydrogen) atoms. The first-order chi connectivity index (χ1) is 10.8. The highest BCUT2D eigenvalue weighted by molar-refractivity contribution is 5.69. The molecule has 0 fully saturated rings. The number of hydrogen-bond donors (Lipinski definition) is 0. The first-order valence-electron chi connectivity index (χ1n) is 8.22. The molecular weight excluding hydrogens is 276 g/mol. The second-order valence-electron chi connectivity index (χ2n) is 5.47. The molecule has 0 bridgehead atoms. The molecule has 0 radical (unpaired) electrons. The molecular formula is C19H28O3. The van der Waals surface area contributed by atoms with Crippen molar-refractivity contribution in [1.82, 2.24) is 0 Å². The highest BCUT2D eigenvalue weighted by atomic mass is 16.6. The lowest BCUT2D eigenvalue weighted by atomic mass is 10.1. The lowest BCUT2D eigenvalue weighted by molar-refractivity contribution is -0.150. The summed E-state index contributed by atoms with van der Waals surface area (Å²) in [5.41, 5.74) is 0. The van der Waals surface area contributed by atoms with Crippen LogP contribution in [0.1, 0.15) is 69.7 Å². The fraction of sp³-hybridized carbons (Fsp3) is 0.526. The third-order valence-corrected chi connectivity index (χ3v) is 3.55. The smallest absolute Gasteiger partial charge is 0.306 e. The summed E-state index contributed by atoms with van der Waals surface area (Å²) in [5.74, 6) is 0.519. The maximum absolute atomic E-state index is 11.9. The molecule has 1 heterocycles. The van der Waals surface area contributed by atoms with Gasteiger partial charge in [0.15, 0.2) is 6.10 Å². The Kier molecular flexibility index (Phi) is 9.84. The van der Waals surface area contributed by atoms with Gasteiger partial charge in [0, 0.05) is 12.8 Å². The van der Waals surface area contributed by atoms with Crippen LogP contribution in [0.4, 0.5) is 0 Å². The van der Waals surface area contributed by atoms with Gasteiger partial charge in [-0.25, -0.2) is 0 Å². The SMILES string of the molecule is C=CCCCCCCCCC(=O)OC(CC=C)c1ccco1. The zero-order valence-corrected chi connectivity index (χ0v) is 13.5. The van der Waals surface area contributed by atoms with E-state index >= 15 is 0 Å². The quantitative estimate of drug-likeness (QED) is 0.265. The average Bonchev–Trinajstić information content (AvgIpc) is 3.04. The third kappa shape index (κ3) is 7.87. The number of unbranched alkanes of at least 4 members (excludes halogenated alkanes) is 6. The van der Waals surface area contributed by atoms with E-state index in [9.17, 15) is 4.79 Å². The number of carbonyl (C=O) groups is 1. The normalized spacial score (nSPS) is 11.8. The number of hydrogen-bond acceptors (Lipinski definition) is 3. The molecule has 1 aromatic rings. The molecule has 122 valence electrons. The van der Waals surface area contributed by atoms with E-state index in [4.69, 9.17) is 9.15 Å². The molecule has 0 aliphatic heterocycles. The van der Waals surface area contributed by atoms with Crippen molar-refractivity contribution in [3.63, 3.8) is 0 Å². The van der Waals surface area contributed by atoms with Crippen molar-refractivity contribution in [1.29, 1.82) is 0 Å². The molecule has 1 rings (SSSR count). The van der Waals surface area contributed by atoms with Crippen molar-refractivity contribution in [2.75, 3.05) is 0 Å². The summed E-state index contributed by atoms with van der Waals surface area (Å²) in [6.07, 6.45) is 13.9. The van der Waals surface area contributed by atoms with Crippen LogP contribution in [0.15, 0.2) is 48.1 Å². The molecule has 0 spiro atoms. The fourth-order valence-corrected chi connectivity index (χ4v) is 2.33. The van der Waals surface area contributed by atoms with Crippen LogP contribution in [-0.2, 0) is 9.53 Å². The van der Waals surface area contributed by atoms with Gasteiger partial charge in [-0.1, -0.05) is 37.8 Å². The van der Waals surface area contributed by atoms with Gasteiger partial charge in [-0.2, -0.15) is 0 Å². The first-order valence-corrected chi connectivity index (χ1v) is 8.22. The fourth-order valence-electron chi connectivity index (χ4n) is 2.33. The van der Waals surface area contributed by atoms with E-state index in [0.29, 0.717) is 18.6 Å². The lowest BCUT2D eigenvalue weighted by Crippen LogP contribution is -2.10. The van der Waals surface area contributed by atoms with Gasteiger partial charge in [-0.3, -0.25) is 4.79 Å². The van der Waals surface area contributed by atoms with Crippen molar-refractivity contribution in [2.45, 2.75) is 63.9 Å². The Morgan fingerprint density at radius 2 is 1.86 bits per heavy atom. The van der Waals surface area contributed by atoms with Gasteiger partial charge in [0.2, 0.25) is 0 Å². The standard InChI is InChI=1S/C19H28O3/c1-3-5-6-7-8-9-10-11-15-19(20)22-18(13-4-2)17-14-12-16-21-17/h3-4,12,14,16,18H,1-2,5-11,13,15H2. The van der Waals surface area contributed by atoms with E-state index in [1.54, 1.807) is 18.4 Å². The van der Waals surface area contributed by atoms with E-state index < -0.39 is 0 Å². The van der Waals surface area contributed by atoms with Crippen LogP contribution in [0.2, 0.25) is 0 Å². The number of ether oxygens (including phenoxy) is 1. The van der Waals surface area contributed by atoms with Crippen molar-refractivity contribution in [3.8, 4) is 0 Å². The van der Waals surface area contributed by atoms with Gasteiger partial charge in [-0.15, -0.1) is 13.2 Å². The molecule has 0 saturated carbocycles. The summed E-state index contributed by atoms with van der Waals surface area (Å²) in [6, 6.07) is 3.62. The monoisotopic (exact) mass is 304 g/mol. The Morgan fingerprint density at radius 1 is 1.14 bits per heavy atom. The lowest BCUT2D eigenvalue weighted by Gasteiger charge is -2.14. The number of esters is 1. The molecule has 1 atom stereocenters. The molecule has 1 aromatic heterocycles. The van der Waals surface area contributed by atoms with E-state index in [1.807, 2.05) is 12.1 Å². The van der Waals surface area contributed by atoms with Crippen LogP contribution in [0.25, 0.3) is 0 Å². The van der Waals surface area contributed by atoms with Crippen molar-refractivity contribution < 1.29 is 13.9 Å². The van der Waals surface area contributed by atoms with Crippen LogP contribution in [-0.4, -0.2) is 5.97 Å².